The van der Waals surface area contributed by atoms with Crippen LogP contribution in [0.3, 0.4) is 0 Å². The van der Waals surface area contributed by atoms with Crippen LogP contribution < -0.4 is 15.4 Å². The number of amides is 2. The molecule has 0 spiro atoms. The molecular weight excluding hydrogens is 300 g/mol. The number of nitrogens with one attached hydrogen (secondary N) is 2. The van der Waals surface area contributed by atoms with Gasteiger partial charge in [0.05, 0.1) is 12.1 Å². The summed E-state index contributed by atoms with van der Waals surface area (Å²) in [7, 11) is 1.53. The molecule has 1 unspecified atom stereocenters. The maximum absolute atomic E-state index is 12.1. The molecule has 2 rings (SSSR count). The lowest BCUT2D eigenvalue weighted by Gasteiger charge is -2.15. The zero-order chi connectivity index (χ0) is 14.5. The Morgan fingerprint density at radius 2 is 2.35 bits per heavy atom. The van der Waals surface area contributed by atoms with Gasteiger partial charge in [0.1, 0.15) is 11.8 Å². The third kappa shape index (κ3) is 3.80. The Morgan fingerprint density at radius 1 is 1.55 bits per heavy atom. The number of benzene rings is 1. The minimum Gasteiger partial charge on any atom is -0.495 e. The Labute approximate surface area is 126 Å². The summed E-state index contributed by atoms with van der Waals surface area (Å²) >= 11 is 7.58. The molecule has 1 aromatic rings. The molecule has 0 bridgehead atoms. The quantitative estimate of drug-likeness (QED) is 0.894. The average Bonchev–Trinajstić information content (AvgIpc) is 2.64. The molecule has 1 atom stereocenters. The summed E-state index contributed by atoms with van der Waals surface area (Å²) in [5.41, 5.74) is 0.573. The summed E-state index contributed by atoms with van der Waals surface area (Å²) in [6.45, 7) is 0. The third-order valence-corrected chi connectivity index (χ3v) is 4.19. The van der Waals surface area contributed by atoms with Crippen LogP contribution in [0.1, 0.15) is 6.42 Å². The van der Waals surface area contributed by atoms with Crippen LogP contribution in [-0.4, -0.2) is 36.5 Å². The average molecular weight is 315 g/mol. The smallest absolute Gasteiger partial charge is 0.247 e. The topological polar surface area (TPSA) is 67.4 Å². The van der Waals surface area contributed by atoms with Gasteiger partial charge in [-0.1, -0.05) is 11.6 Å². The molecule has 0 saturated carbocycles. The standard InChI is InChI=1S/C13H15ClN2O3S/c1-19-11-3-2-8(6-9(11)14)15-13(18)10-7-20-5-4-12(17)16-10/h2-3,6,10H,4-5,7H2,1H3,(H,15,18)(H,16,17). The van der Waals surface area contributed by atoms with Gasteiger partial charge in [0, 0.05) is 23.6 Å². The highest BCUT2D eigenvalue weighted by molar-refractivity contribution is 7.99. The number of methoxy groups -OCH3 is 1. The number of thioether (sulfide) groups is 1. The van der Waals surface area contributed by atoms with E-state index in [-0.39, 0.29) is 11.8 Å². The van der Waals surface area contributed by atoms with Crippen LogP contribution in [0.15, 0.2) is 18.2 Å². The molecule has 2 N–H and O–H groups in total. The second kappa shape index (κ2) is 6.85. The second-order valence-corrected chi connectivity index (χ2v) is 5.84. The van der Waals surface area contributed by atoms with Gasteiger partial charge in [0.2, 0.25) is 11.8 Å². The van der Waals surface area contributed by atoms with Gasteiger partial charge in [-0.05, 0) is 18.2 Å². The minimum absolute atomic E-state index is 0.0945. The fourth-order valence-electron chi connectivity index (χ4n) is 1.79. The Bertz CT molecular complexity index is 524. The molecule has 0 radical (unpaired) electrons. The summed E-state index contributed by atoms with van der Waals surface area (Å²) in [4.78, 5) is 23.6. The van der Waals surface area contributed by atoms with Gasteiger partial charge >= 0.3 is 0 Å². The van der Waals surface area contributed by atoms with Crippen molar-refractivity contribution in [2.24, 2.45) is 0 Å². The van der Waals surface area contributed by atoms with E-state index in [9.17, 15) is 9.59 Å². The highest BCUT2D eigenvalue weighted by Crippen LogP contribution is 2.27. The number of anilines is 1. The molecule has 1 aliphatic rings. The van der Waals surface area contributed by atoms with Gasteiger partial charge in [-0.2, -0.15) is 11.8 Å². The number of rotatable bonds is 3. The van der Waals surface area contributed by atoms with Crippen molar-refractivity contribution in [2.75, 3.05) is 23.9 Å². The number of ether oxygens (including phenoxy) is 1. The first-order chi connectivity index (χ1) is 9.60. The molecule has 108 valence electrons. The van der Waals surface area contributed by atoms with Crippen LogP contribution in [-0.2, 0) is 9.59 Å². The van der Waals surface area contributed by atoms with Gasteiger partial charge in [-0.25, -0.2) is 0 Å². The van der Waals surface area contributed by atoms with E-state index >= 15 is 0 Å². The summed E-state index contributed by atoms with van der Waals surface area (Å²) in [5, 5.41) is 5.87. The highest BCUT2D eigenvalue weighted by atomic mass is 35.5. The molecule has 7 heteroatoms. The van der Waals surface area contributed by atoms with E-state index in [1.807, 2.05) is 0 Å². The molecule has 5 nitrogen and oxygen atoms in total. The monoisotopic (exact) mass is 314 g/mol. The molecule has 1 heterocycles. The number of carbonyl (C=O) groups is 2. The molecule has 1 saturated heterocycles. The van der Waals surface area contributed by atoms with Gasteiger partial charge in [0.15, 0.2) is 0 Å². The Morgan fingerprint density at radius 3 is 3.05 bits per heavy atom. The van der Waals surface area contributed by atoms with E-state index in [0.717, 1.165) is 5.75 Å². The highest BCUT2D eigenvalue weighted by Gasteiger charge is 2.23. The minimum atomic E-state index is -0.518. The van der Waals surface area contributed by atoms with E-state index in [4.69, 9.17) is 16.3 Å². The van der Waals surface area contributed by atoms with E-state index in [1.54, 1.807) is 30.0 Å². The van der Waals surface area contributed by atoms with E-state index < -0.39 is 6.04 Å². The first-order valence-corrected chi connectivity index (χ1v) is 7.65. The third-order valence-electron chi connectivity index (χ3n) is 2.83. The maximum atomic E-state index is 12.1. The van der Waals surface area contributed by atoms with Crippen LogP contribution in [0.4, 0.5) is 5.69 Å². The molecule has 1 fully saturated rings. The van der Waals surface area contributed by atoms with Crippen LogP contribution >= 0.6 is 23.4 Å². The van der Waals surface area contributed by atoms with E-state index in [2.05, 4.69) is 10.6 Å². The van der Waals surface area contributed by atoms with Crippen LogP contribution in [0.25, 0.3) is 0 Å². The number of carbonyl (C=O) groups excluding carboxylic acids is 2. The summed E-state index contributed by atoms with van der Waals surface area (Å²) in [6, 6.07) is 4.48. The predicted molar refractivity (Wildman–Crippen MR) is 80.5 cm³/mol. The van der Waals surface area contributed by atoms with Crippen molar-refractivity contribution in [2.45, 2.75) is 12.5 Å². The largest absolute Gasteiger partial charge is 0.495 e. The molecule has 2 amide bonds. The normalized spacial score (nSPS) is 18.9. The zero-order valence-electron chi connectivity index (χ0n) is 10.9. The number of hydrogen-bond donors (Lipinski definition) is 2. The van der Waals surface area contributed by atoms with Gasteiger partial charge in [-0.15, -0.1) is 0 Å². The first-order valence-electron chi connectivity index (χ1n) is 6.11. The lowest BCUT2D eigenvalue weighted by atomic mass is 10.2. The molecular formula is C13H15ClN2O3S. The summed E-state index contributed by atoms with van der Waals surface area (Å²) < 4.78 is 5.05. The molecule has 1 aliphatic heterocycles. The Hall–Kier alpha value is -1.40. The molecule has 1 aromatic carbocycles. The Kier molecular flexibility index (Phi) is 5.14. The van der Waals surface area contributed by atoms with Crippen molar-refractivity contribution in [3.8, 4) is 5.75 Å². The summed E-state index contributed by atoms with van der Waals surface area (Å²) in [6.07, 6.45) is 0.447. The molecule has 20 heavy (non-hydrogen) atoms. The first kappa shape index (κ1) is 15.0. The second-order valence-electron chi connectivity index (χ2n) is 4.28. The van der Waals surface area contributed by atoms with Gasteiger partial charge < -0.3 is 15.4 Å². The van der Waals surface area contributed by atoms with Gasteiger partial charge in [-0.3, -0.25) is 9.59 Å². The van der Waals surface area contributed by atoms with Crippen molar-refractivity contribution < 1.29 is 14.3 Å². The fourth-order valence-corrected chi connectivity index (χ4v) is 3.01. The number of halogens is 1. The Balaban J connectivity index is 2.03. The van der Waals surface area contributed by atoms with Crippen molar-refractivity contribution in [3.63, 3.8) is 0 Å². The fraction of sp³-hybridized carbons (Fsp3) is 0.385. The van der Waals surface area contributed by atoms with Gasteiger partial charge in [0.25, 0.3) is 0 Å². The lowest BCUT2D eigenvalue weighted by molar-refractivity contribution is -0.125. The molecule has 0 aromatic heterocycles. The van der Waals surface area contributed by atoms with E-state index in [1.165, 1.54) is 7.11 Å². The van der Waals surface area contributed by atoms with Crippen molar-refractivity contribution in [1.82, 2.24) is 5.32 Å². The predicted octanol–water partition coefficient (Wildman–Crippen LogP) is 1.91. The molecule has 0 aliphatic carbocycles. The van der Waals surface area contributed by atoms with Crippen LogP contribution in [0, 0.1) is 0 Å². The van der Waals surface area contributed by atoms with Crippen LogP contribution in [0.2, 0.25) is 5.02 Å². The van der Waals surface area contributed by atoms with E-state index in [0.29, 0.717) is 28.6 Å². The SMILES string of the molecule is COc1ccc(NC(=O)C2CSCCC(=O)N2)cc1Cl. The maximum Gasteiger partial charge on any atom is 0.247 e. The van der Waals surface area contributed by atoms with Crippen molar-refractivity contribution in [3.05, 3.63) is 23.2 Å². The van der Waals surface area contributed by atoms with Crippen molar-refractivity contribution >= 4 is 40.9 Å². The van der Waals surface area contributed by atoms with Crippen molar-refractivity contribution in [1.29, 1.82) is 0 Å². The zero-order valence-corrected chi connectivity index (χ0v) is 12.5. The van der Waals surface area contributed by atoms with Crippen LogP contribution in [0.5, 0.6) is 5.75 Å². The summed E-state index contributed by atoms with van der Waals surface area (Å²) in [5.74, 6) is 1.52. The number of hydrogen-bond acceptors (Lipinski definition) is 4. The lowest BCUT2D eigenvalue weighted by Crippen LogP contribution is -2.44.